The van der Waals surface area contributed by atoms with Crippen molar-refractivity contribution in [2.75, 3.05) is 6.61 Å². The van der Waals surface area contributed by atoms with E-state index >= 15 is 0 Å². The van der Waals surface area contributed by atoms with Crippen LogP contribution in [0.4, 0.5) is 18.9 Å². The zero-order chi connectivity index (χ0) is 14.7. The molecule has 6 nitrogen and oxygen atoms in total. The van der Waals surface area contributed by atoms with Gasteiger partial charge in [-0.25, -0.2) is 9.18 Å². The fourth-order valence-corrected chi connectivity index (χ4v) is 1.26. The maximum Gasteiger partial charge on any atom is 0.346 e. The van der Waals surface area contributed by atoms with Crippen LogP contribution in [0.2, 0.25) is 0 Å². The molecule has 0 fully saturated rings. The number of aromatic carboxylic acids is 1. The number of hydrogen-bond donors (Lipinski definition) is 1. The molecule has 0 radical (unpaired) electrons. The van der Waals surface area contributed by atoms with Gasteiger partial charge in [0.15, 0.2) is 17.1 Å². The SMILES string of the molecule is C=CCOc1c(F)c(F)c([N+](=O)[O-])c(C(=O)O)c1F. The molecule has 0 saturated heterocycles. The number of halogens is 3. The second kappa shape index (κ2) is 5.38. The van der Waals surface area contributed by atoms with Crippen LogP contribution in [0.5, 0.6) is 5.75 Å². The molecule has 1 rings (SSSR count). The number of hydrogen-bond acceptors (Lipinski definition) is 4. The highest BCUT2D eigenvalue weighted by atomic mass is 19.2. The monoisotopic (exact) mass is 277 g/mol. The minimum Gasteiger partial charge on any atom is -0.483 e. The van der Waals surface area contributed by atoms with Crippen molar-refractivity contribution in [3.05, 3.63) is 45.8 Å². The molecule has 0 bridgehead atoms. The lowest BCUT2D eigenvalue weighted by Crippen LogP contribution is -2.13. The van der Waals surface area contributed by atoms with Gasteiger partial charge in [0.2, 0.25) is 11.6 Å². The Morgan fingerprint density at radius 3 is 2.37 bits per heavy atom. The third kappa shape index (κ3) is 2.49. The van der Waals surface area contributed by atoms with E-state index in [9.17, 15) is 28.1 Å². The van der Waals surface area contributed by atoms with Crippen molar-refractivity contribution in [2.45, 2.75) is 0 Å². The van der Waals surface area contributed by atoms with Gasteiger partial charge in [-0.1, -0.05) is 12.7 Å². The second-order valence-corrected chi connectivity index (χ2v) is 3.16. The van der Waals surface area contributed by atoms with Crippen LogP contribution in [-0.2, 0) is 0 Å². The van der Waals surface area contributed by atoms with E-state index in [1.807, 2.05) is 0 Å². The largest absolute Gasteiger partial charge is 0.483 e. The van der Waals surface area contributed by atoms with E-state index < -0.39 is 52.0 Å². The molecule has 0 aliphatic heterocycles. The fourth-order valence-electron chi connectivity index (χ4n) is 1.26. The number of nitro groups is 1. The first kappa shape index (κ1) is 14.5. The van der Waals surface area contributed by atoms with Crippen LogP contribution in [0.3, 0.4) is 0 Å². The lowest BCUT2D eigenvalue weighted by molar-refractivity contribution is -0.388. The van der Waals surface area contributed by atoms with Crippen molar-refractivity contribution >= 4 is 11.7 Å². The van der Waals surface area contributed by atoms with E-state index in [1.165, 1.54) is 0 Å². The van der Waals surface area contributed by atoms with E-state index in [4.69, 9.17) is 5.11 Å². The molecule has 0 heterocycles. The van der Waals surface area contributed by atoms with Gasteiger partial charge in [-0.3, -0.25) is 10.1 Å². The molecule has 0 aliphatic rings. The fraction of sp³-hybridized carbons (Fsp3) is 0.100. The molecule has 0 atom stereocenters. The number of nitro benzene ring substituents is 1. The first-order valence-electron chi connectivity index (χ1n) is 4.64. The minimum atomic E-state index is -2.12. The third-order valence-electron chi connectivity index (χ3n) is 2.00. The smallest absolute Gasteiger partial charge is 0.346 e. The molecule has 0 saturated carbocycles. The van der Waals surface area contributed by atoms with E-state index in [1.54, 1.807) is 0 Å². The maximum atomic E-state index is 13.7. The first-order valence-corrected chi connectivity index (χ1v) is 4.64. The lowest BCUT2D eigenvalue weighted by Gasteiger charge is -2.09. The Labute approximate surface area is 103 Å². The summed E-state index contributed by atoms with van der Waals surface area (Å²) in [5.74, 6) is -9.41. The van der Waals surface area contributed by atoms with Gasteiger partial charge >= 0.3 is 11.7 Å². The molecule has 0 aliphatic carbocycles. The van der Waals surface area contributed by atoms with Gasteiger partial charge < -0.3 is 9.84 Å². The predicted octanol–water partition coefficient (Wildman–Crippen LogP) is 2.28. The Kier molecular flexibility index (Phi) is 4.10. The zero-order valence-corrected chi connectivity index (χ0v) is 9.15. The van der Waals surface area contributed by atoms with E-state index in [2.05, 4.69) is 11.3 Å². The summed E-state index contributed by atoms with van der Waals surface area (Å²) in [4.78, 5) is 19.7. The Balaban J connectivity index is 3.68. The molecule has 1 aromatic carbocycles. The van der Waals surface area contributed by atoms with Crippen molar-refractivity contribution in [1.29, 1.82) is 0 Å². The number of nitrogens with zero attached hydrogens (tertiary/aromatic N) is 1. The quantitative estimate of drug-likeness (QED) is 0.386. The average molecular weight is 277 g/mol. The third-order valence-corrected chi connectivity index (χ3v) is 2.00. The van der Waals surface area contributed by atoms with Gasteiger partial charge in [-0.15, -0.1) is 0 Å². The molecular weight excluding hydrogens is 271 g/mol. The summed E-state index contributed by atoms with van der Waals surface area (Å²) in [6.45, 7) is 2.73. The molecule has 0 aromatic heterocycles. The Bertz CT molecular complexity index is 573. The number of carboxylic acids is 1. The van der Waals surface area contributed by atoms with E-state index in [0.29, 0.717) is 0 Å². The van der Waals surface area contributed by atoms with Crippen molar-refractivity contribution in [1.82, 2.24) is 0 Å². The number of carbonyl (C=O) groups is 1. The number of carboxylic acid groups (broad SMARTS) is 1. The number of ether oxygens (including phenoxy) is 1. The summed E-state index contributed by atoms with van der Waals surface area (Å²) < 4.78 is 44.9. The van der Waals surface area contributed by atoms with Gasteiger partial charge in [-0.2, -0.15) is 8.78 Å². The second-order valence-electron chi connectivity index (χ2n) is 3.16. The van der Waals surface area contributed by atoms with Crippen molar-refractivity contribution in [3.8, 4) is 5.75 Å². The Morgan fingerprint density at radius 1 is 1.37 bits per heavy atom. The van der Waals surface area contributed by atoms with Crippen LogP contribution >= 0.6 is 0 Å². The summed E-state index contributed by atoms with van der Waals surface area (Å²) in [5, 5.41) is 19.1. The van der Waals surface area contributed by atoms with Crippen LogP contribution in [0.25, 0.3) is 0 Å². The van der Waals surface area contributed by atoms with Crippen LogP contribution in [0, 0.1) is 27.6 Å². The number of rotatable bonds is 5. The molecule has 0 spiro atoms. The minimum absolute atomic E-state index is 0.440. The molecule has 0 unspecified atom stereocenters. The maximum absolute atomic E-state index is 13.7. The highest BCUT2D eigenvalue weighted by Crippen LogP contribution is 2.35. The summed E-state index contributed by atoms with van der Waals surface area (Å²) in [5.41, 5.74) is -3.41. The highest BCUT2D eigenvalue weighted by molar-refractivity contribution is 5.93. The average Bonchev–Trinajstić information content (AvgIpc) is 2.32. The van der Waals surface area contributed by atoms with Gasteiger partial charge in [0, 0.05) is 0 Å². The first-order chi connectivity index (χ1) is 8.82. The van der Waals surface area contributed by atoms with Gasteiger partial charge in [0.25, 0.3) is 0 Å². The van der Waals surface area contributed by atoms with E-state index in [-0.39, 0.29) is 0 Å². The summed E-state index contributed by atoms with van der Waals surface area (Å²) >= 11 is 0. The molecule has 0 amide bonds. The summed E-state index contributed by atoms with van der Waals surface area (Å²) in [7, 11) is 0. The molecule has 19 heavy (non-hydrogen) atoms. The van der Waals surface area contributed by atoms with Gasteiger partial charge in [0.1, 0.15) is 6.61 Å². The van der Waals surface area contributed by atoms with Gasteiger partial charge in [-0.05, 0) is 0 Å². The standard InChI is InChI=1S/C10H6F3NO5/c1-2-3-19-9-5(11)4(10(15)16)8(14(17)18)6(12)7(9)13/h2H,1,3H2,(H,15,16). The van der Waals surface area contributed by atoms with Crippen molar-refractivity contribution < 1.29 is 32.7 Å². The number of benzene rings is 1. The van der Waals surface area contributed by atoms with Crippen LogP contribution in [-0.4, -0.2) is 22.6 Å². The summed E-state index contributed by atoms with van der Waals surface area (Å²) in [6, 6.07) is 0. The van der Waals surface area contributed by atoms with E-state index in [0.717, 1.165) is 6.08 Å². The zero-order valence-electron chi connectivity index (χ0n) is 9.15. The van der Waals surface area contributed by atoms with Crippen LogP contribution < -0.4 is 4.74 Å². The predicted molar refractivity (Wildman–Crippen MR) is 55.6 cm³/mol. The molecule has 102 valence electrons. The molecular formula is C10H6F3NO5. The van der Waals surface area contributed by atoms with Crippen LogP contribution in [0.15, 0.2) is 12.7 Å². The Hall–Kier alpha value is -2.58. The van der Waals surface area contributed by atoms with Crippen LogP contribution in [0.1, 0.15) is 10.4 Å². The normalized spacial score (nSPS) is 10.1. The van der Waals surface area contributed by atoms with Gasteiger partial charge in [0.05, 0.1) is 4.92 Å². The summed E-state index contributed by atoms with van der Waals surface area (Å²) in [6.07, 6.45) is 1.07. The van der Waals surface area contributed by atoms with Crippen molar-refractivity contribution in [3.63, 3.8) is 0 Å². The molecule has 1 N–H and O–H groups in total. The Morgan fingerprint density at radius 2 is 1.95 bits per heavy atom. The lowest BCUT2D eigenvalue weighted by atomic mass is 10.1. The van der Waals surface area contributed by atoms with Crippen molar-refractivity contribution in [2.24, 2.45) is 0 Å². The molecule has 1 aromatic rings. The molecule has 9 heteroatoms. The highest BCUT2D eigenvalue weighted by Gasteiger charge is 2.36. The topological polar surface area (TPSA) is 89.7 Å².